The van der Waals surface area contributed by atoms with E-state index in [2.05, 4.69) is 13.2 Å². The smallest absolute Gasteiger partial charge is 0.0795 e. The molecule has 0 bridgehead atoms. The van der Waals surface area contributed by atoms with E-state index in [9.17, 15) is 4.39 Å². The van der Waals surface area contributed by atoms with Crippen molar-refractivity contribution < 1.29 is 4.39 Å². The molecule has 0 aliphatic heterocycles. The van der Waals surface area contributed by atoms with E-state index in [0.29, 0.717) is 0 Å². The topological polar surface area (TPSA) is 0 Å². The van der Waals surface area contributed by atoms with Crippen molar-refractivity contribution in [2.24, 2.45) is 0 Å². The number of allylic oxidation sites excluding steroid dienone is 1. The van der Waals surface area contributed by atoms with Gasteiger partial charge in [0.25, 0.3) is 0 Å². The highest BCUT2D eigenvalue weighted by Crippen LogP contribution is 1.48. The van der Waals surface area contributed by atoms with Crippen LogP contribution < -0.4 is 0 Å². The van der Waals surface area contributed by atoms with E-state index < -0.39 is 0 Å². The molecule has 0 aromatic carbocycles. The predicted octanol–water partition coefficient (Wildman–Crippen LogP) is 2.29. The summed E-state index contributed by atoms with van der Waals surface area (Å²) in [5.74, 6) is 0. The van der Waals surface area contributed by atoms with Crippen molar-refractivity contribution in [2.45, 2.75) is 6.92 Å². The van der Waals surface area contributed by atoms with Crippen LogP contribution in [0.25, 0.3) is 0 Å². The van der Waals surface area contributed by atoms with E-state index >= 15 is 0 Å². The van der Waals surface area contributed by atoms with Gasteiger partial charge in [0.1, 0.15) is 0 Å². The molecule has 0 amide bonds. The highest BCUT2D eigenvalue weighted by molar-refractivity contribution is 4.51. The van der Waals surface area contributed by atoms with Crippen molar-refractivity contribution >= 4 is 0 Å². The first-order chi connectivity index (χ1) is 2.83. The Balaban J connectivity index is 0. The van der Waals surface area contributed by atoms with E-state index in [1.54, 1.807) is 6.08 Å². The summed E-state index contributed by atoms with van der Waals surface area (Å²) >= 11 is 0. The lowest BCUT2D eigenvalue weighted by atomic mass is 10.8. The molecule has 36 valence electrons. The van der Waals surface area contributed by atoms with Gasteiger partial charge in [-0.1, -0.05) is 12.7 Å². The maximum absolute atomic E-state index is 10.1. The molecule has 0 fully saturated rings. The molecule has 1 heteroatoms. The van der Waals surface area contributed by atoms with Crippen LogP contribution in [0, 0.1) is 0 Å². The molecular formula is C5H9F. The highest BCUT2D eigenvalue weighted by atomic mass is 19.1. The van der Waals surface area contributed by atoms with Crippen molar-refractivity contribution in [2.75, 3.05) is 0 Å². The Bertz CT molecular complexity index is 24.9. The van der Waals surface area contributed by atoms with Gasteiger partial charge in [0.2, 0.25) is 0 Å². The van der Waals surface area contributed by atoms with Gasteiger partial charge in [-0.15, -0.1) is 6.58 Å². The van der Waals surface area contributed by atoms with Gasteiger partial charge in [-0.3, -0.25) is 0 Å². The Morgan fingerprint density at radius 1 is 1.50 bits per heavy atom. The van der Waals surface area contributed by atoms with Crippen molar-refractivity contribution in [1.82, 2.24) is 0 Å². The first-order valence-electron chi connectivity index (χ1n) is 1.61. The fourth-order valence-electron chi connectivity index (χ4n) is 0. The fraction of sp³-hybridized carbons (Fsp3) is 0.200. The molecule has 0 saturated carbocycles. The Labute approximate surface area is 38.0 Å². The molecule has 6 heavy (non-hydrogen) atoms. The van der Waals surface area contributed by atoms with Crippen molar-refractivity contribution in [3.63, 3.8) is 0 Å². The summed E-state index contributed by atoms with van der Waals surface area (Å²) in [5.41, 5.74) is 0. The molecule has 0 rings (SSSR count). The number of rotatable bonds is 0. The number of halogens is 1. The SMILES string of the molecule is C=CC.C=CF. The fourth-order valence-corrected chi connectivity index (χ4v) is 0. The van der Waals surface area contributed by atoms with Gasteiger partial charge in [0.05, 0.1) is 6.33 Å². The first-order valence-corrected chi connectivity index (χ1v) is 1.61. The van der Waals surface area contributed by atoms with Crippen LogP contribution in [0.4, 0.5) is 4.39 Å². The zero-order valence-corrected chi connectivity index (χ0v) is 3.95. The molecule has 0 saturated heterocycles. The molecule has 0 radical (unpaired) electrons. The minimum absolute atomic E-state index is 0.250. The maximum atomic E-state index is 10.1. The summed E-state index contributed by atoms with van der Waals surface area (Å²) in [6, 6.07) is 0. The van der Waals surface area contributed by atoms with E-state index in [-0.39, 0.29) is 6.33 Å². The van der Waals surface area contributed by atoms with Crippen LogP contribution in [0.3, 0.4) is 0 Å². The lowest BCUT2D eigenvalue weighted by Gasteiger charge is -1.31. The summed E-state index contributed by atoms with van der Waals surface area (Å²) in [6.45, 7) is 7.94. The van der Waals surface area contributed by atoms with Crippen molar-refractivity contribution in [3.05, 3.63) is 25.6 Å². The van der Waals surface area contributed by atoms with Gasteiger partial charge in [0.15, 0.2) is 0 Å². The second-order valence-corrected chi connectivity index (χ2v) is 0.563. The molecule has 0 atom stereocenters. The zero-order chi connectivity index (χ0) is 5.41. The van der Waals surface area contributed by atoms with Crippen LogP contribution in [0.1, 0.15) is 6.92 Å². The normalized spacial score (nSPS) is 4.33. The van der Waals surface area contributed by atoms with E-state index in [4.69, 9.17) is 0 Å². The standard InChI is InChI=1S/C3H6.C2H3F/c1-3-2;1-2-3/h3H,1H2,2H3;2H,1H2. The van der Waals surface area contributed by atoms with Crippen molar-refractivity contribution in [3.8, 4) is 0 Å². The molecular weight excluding hydrogens is 79.1 g/mol. The molecule has 0 aliphatic carbocycles. The van der Waals surface area contributed by atoms with Crippen LogP contribution in [-0.2, 0) is 0 Å². The highest BCUT2D eigenvalue weighted by Gasteiger charge is 1.19. The number of hydrogen-bond acceptors (Lipinski definition) is 0. The van der Waals surface area contributed by atoms with Gasteiger partial charge in [-0.2, -0.15) is 0 Å². The summed E-state index contributed by atoms with van der Waals surface area (Å²) in [5, 5.41) is 0. The van der Waals surface area contributed by atoms with Gasteiger partial charge in [-0.05, 0) is 6.92 Å². The molecule has 0 aliphatic rings. The van der Waals surface area contributed by atoms with Crippen LogP contribution in [0.2, 0.25) is 0 Å². The molecule has 0 heterocycles. The lowest BCUT2D eigenvalue weighted by Crippen LogP contribution is -1.07. The second kappa shape index (κ2) is 25.8. The lowest BCUT2D eigenvalue weighted by molar-refractivity contribution is 0.725. The molecule has 0 nitrogen and oxygen atoms in total. The minimum Gasteiger partial charge on any atom is -0.216 e. The molecule has 0 spiro atoms. The quantitative estimate of drug-likeness (QED) is 0.398. The largest absolute Gasteiger partial charge is 0.216 e. The molecule has 0 aromatic heterocycles. The monoisotopic (exact) mass is 88.1 g/mol. The Morgan fingerprint density at radius 3 is 1.50 bits per heavy atom. The third kappa shape index (κ3) is 56.9. The van der Waals surface area contributed by atoms with Crippen LogP contribution in [0.15, 0.2) is 25.6 Å². The van der Waals surface area contributed by atoms with Crippen LogP contribution in [0.5, 0.6) is 0 Å². The minimum atomic E-state index is 0.250. The summed E-state index contributed by atoms with van der Waals surface area (Å²) < 4.78 is 10.1. The van der Waals surface area contributed by atoms with E-state index in [0.717, 1.165) is 0 Å². The Morgan fingerprint density at radius 2 is 1.50 bits per heavy atom. The number of hydrogen-bond donors (Lipinski definition) is 0. The van der Waals surface area contributed by atoms with Gasteiger partial charge in [0, 0.05) is 0 Å². The van der Waals surface area contributed by atoms with E-state index in [1.807, 2.05) is 6.92 Å². The Hall–Kier alpha value is -0.590. The molecule has 0 unspecified atom stereocenters. The molecule has 0 aromatic rings. The van der Waals surface area contributed by atoms with Crippen LogP contribution in [-0.4, -0.2) is 0 Å². The predicted molar refractivity (Wildman–Crippen MR) is 27.2 cm³/mol. The first kappa shape index (κ1) is 9.05. The van der Waals surface area contributed by atoms with Gasteiger partial charge >= 0.3 is 0 Å². The summed E-state index contributed by atoms with van der Waals surface area (Å²) in [6.07, 6.45) is 2.00. The zero-order valence-electron chi connectivity index (χ0n) is 3.95. The average Bonchev–Trinajstić information content (AvgIpc) is 1.39. The second-order valence-electron chi connectivity index (χ2n) is 0.563. The summed E-state index contributed by atoms with van der Waals surface area (Å²) in [4.78, 5) is 0. The summed E-state index contributed by atoms with van der Waals surface area (Å²) in [7, 11) is 0. The van der Waals surface area contributed by atoms with Gasteiger partial charge in [-0.25, -0.2) is 4.39 Å². The maximum Gasteiger partial charge on any atom is 0.0795 e. The van der Waals surface area contributed by atoms with Gasteiger partial charge < -0.3 is 0 Å². The Kier molecular flexibility index (Phi) is 38.9. The molecule has 0 N–H and O–H groups in total. The third-order valence-electron chi connectivity index (χ3n) is 0. The van der Waals surface area contributed by atoms with E-state index in [1.165, 1.54) is 0 Å². The third-order valence-corrected chi connectivity index (χ3v) is 0. The van der Waals surface area contributed by atoms with Crippen molar-refractivity contribution in [1.29, 1.82) is 0 Å². The average molecular weight is 88.1 g/mol. The van der Waals surface area contributed by atoms with Crippen LogP contribution >= 0.6 is 0 Å².